The minimum absolute atomic E-state index is 0.0522. The molecule has 0 saturated carbocycles. The number of thiazole rings is 1. The number of nitrogens with one attached hydrogen (secondary N) is 1. The molecule has 1 N–H and O–H groups in total. The summed E-state index contributed by atoms with van der Waals surface area (Å²) >= 11 is 7.57. The standard InChI is InChI=1S/C19H15ClF3N5O2S2/c1-2-7-28-10-25-16-13(5-6-24-17(16)28)18-26-15(9-31-18)12-4-3-11(8-14(12)20)27-32(29,30)19(21,22)23/h3-6,8-10,27H,2,7H2,1H3. The Morgan fingerprint density at radius 2 is 1.97 bits per heavy atom. The third kappa shape index (κ3) is 4.17. The number of hydrogen-bond donors (Lipinski definition) is 1. The van der Waals surface area contributed by atoms with E-state index in [2.05, 4.69) is 21.9 Å². The van der Waals surface area contributed by atoms with E-state index in [0.29, 0.717) is 21.8 Å². The molecule has 0 unspecified atom stereocenters. The first-order valence-corrected chi connectivity index (χ1v) is 12.0. The van der Waals surface area contributed by atoms with Crippen LogP contribution in [0.15, 0.2) is 42.2 Å². The second-order valence-electron chi connectivity index (χ2n) is 6.75. The number of halogens is 4. The van der Waals surface area contributed by atoms with Crippen molar-refractivity contribution >= 4 is 49.8 Å². The maximum absolute atomic E-state index is 12.6. The summed E-state index contributed by atoms with van der Waals surface area (Å²) in [6.45, 7) is 2.85. The number of aromatic nitrogens is 4. The molecule has 32 heavy (non-hydrogen) atoms. The van der Waals surface area contributed by atoms with Gasteiger partial charge in [0.05, 0.1) is 22.7 Å². The number of sulfonamides is 1. The van der Waals surface area contributed by atoms with E-state index < -0.39 is 15.5 Å². The number of fused-ring (bicyclic) bond motifs is 1. The molecular formula is C19H15ClF3N5O2S2. The molecule has 3 aromatic heterocycles. The second-order valence-corrected chi connectivity index (χ2v) is 9.69. The predicted octanol–water partition coefficient (Wildman–Crippen LogP) is 5.55. The van der Waals surface area contributed by atoms with E-state index in [-0.39, 0.29) is 10.7 Å². The van der Waals surface area contributed by atoms with Gasteiger partial charge in [-0.2, -0.15) is 21.6 Å². The van der Waals surface area contributed by atoms with Gasteiger partial charge < -0.3 is 4.57 Å². The Hall–Kier alpha value is -2.70. The smallest absolute Gasteiger partial charge is 0.315 e. The van der Waals surface area contributed by atoms with Gasteiger partial charge in [-0.25, -0.2) is 15.0 Å². The van der Waals surface area contributed by atoms with Crippen LogP contribution in [-0.2, 0) is 16.6 Å². The van der Waals surface area contributed by atoms with Gasteiger partial charge >= 0.3 is 15.5 Å². The number of hydrogen-bond acceptors (Lipinski definition) is 6. The number of pyridine rings is 1. The van der Waals surface area contributed by atoms with Gasteiger partial charge in [0.2, 0.25) is 0 Å². The van der Waals surface area contributed by atoms with Crippen molar-refractivity contribution in [3.05, 3.63) is 47.2 Å². The zero-order valence-electron chi connectivity index (χ0n) is 16.4. The molecule has 13 heteroatoms. The first-order chi connectivity index (χ1) is 15.1. The van der Waals surface area contributed by atoms with E-state index in [1.165, 1.54) is 28.2 Å². The van der Waals surface area contributed by atoms with E-state index in [1.54, 1.807) is 17.9 Å². The lowest BCUT2D eigenvalue weighted by Gasteiger charge is -2.11. The number of anilines is 1. The van der Waals surface area contributed by atoms with Gasteiger partial charge in [-0.15, -0.1) is 11.3 Å². The van der Waals surface area contributed by atoms with Gasteiger partial charge in [0.1, 0.15) is 10.5 Å². The highest BCUT2D eigenvalue weighted by molar-refractivity contribution is 7.93. The maximum atomic E-state index is 12.6. The molecule has 4 aromatic rings. The molecule has 0 spiro atoms. The molecule has 1 aromatic carbocycles. The predicted molar refractivity (Wildman–Crippen MR) is 118 cm³/mol. The van der Waals surface area contributed by atoms with Gasteiger partial charge in [0.25, 0.3) is 0 Å². The van der Waals surface area contributed by atoms with Crippen LogP contribution in [0.3, 0.4) is 0 Å². The van der Waals surface area contributed by atoms with Crippen molar-refractivity contribution in [1.82, 2.24) is 19.5 Å². The molecule has 0 fully saturated rings. The molecule has 168 valence electrons. The van der Waals surface area contributed by atoms with Crippen LogP contribution in [0.4, 0.5) is 18.9 Å². The van der Waals surface area contributed by atoms with Crippen molar-refractivity contribution in [3.63, 3.8) is 0 Å². The Morgan fingerprint density at radius 1 is 1.19 bits per heavy atom. The molecule has 0 radical (unpaired) electrons. The highest BCUT2D eigenvalue weighted by Crippen LogP contribution is 2.36. The lowest BCUT2D eigenvalue weighted by Crippen LogP contribution is -2.29. The van der Waals surface area contributed by atoms with E-state index in [0.717, 1.165) is 30.2 Å². The monoisotopic (exact) mass is 501 g/mol. The van der Waals surface area contributed by atoms with Gasteiger partial charge in [-0.05, 0) is 30.7 Å². The van der Waals surface area contributed by atoms with Crippen molar-refractivity contribution < 1.29 is 21.6 Å². The minimum atomic E-state index is -5.54. The molecule has 0 aliphatic heterocycles. The first-order valence-electron chi connectivity index (χ1n) is 9.25. The summed E-state index contributed by atoms with van der Waals surface area (Å²) in [5.41, 5.74) is -2.52. The maximum Gasteiger partial charge on any atom is 0.516 e. The minimum Gasteiger partial charge on any atom is -0.315 e. The Bertz CT molecular complexity index is 1400. The van der Waals surface area contributed by atoms with Crippen LogP contribution in [-0.4, -0.2) is 33.4 Å². The highest BCUT2D eigenvalue weighted by atomic mass is 35.5. The van der Waals surface area contributed by atoms with E-state index in [1.807, 2.05) is 10.6 Å². The van der Waals surface area contributed by atoms with Crippen molar-refractivity contribution in [2.75, 3.05) is 4.72 Å². The molecule has 0 atom stereocenters. The van der Waals surface area contributed by atoms with E-state index in [9.17, 15) is 21.6 Å². The Kier molecular flexibility index (Phi) is 5.86. The number of nitrogens with zero attached hydrogens (tertiary/aromatic N) is 4. The first kappa shape index (κ1) is 22.5. The summed E-state index contributed by atoms with van der Waals surface area (Å²) < 4.78 is 63.8. The van der Waals surface area contributed by atoms with E-state index >= 15 is 0 Å². The average molecular weight is 502 g/mol. The van der Waals surface area contributed by atoms with Gasteiger partial charge in [-0.1, -0.05) is 18.5 Å². The summed E-state index contributed by atoms with van der Waals surface area (Å²) in [4.78, 5) is 13.5. The lowest BCUT2D eigenvalue weighted by molar-refractivity contribution is -0.0429. The van der Waals surface area contributed by atoms with Crippen LogP contribution in [0.25, 0.3) is 33.0 Å². The summed E-state index contributed by atoms with van der Waals surface area (Å²) in [6.07, 6.45) is 4.35. The summed E-state index contributed by atoms with van der Waals surface area (Å²) in [5.74, 6) is 0. The molecule has 0 aliphatic carbocycles. The number of rotatable bonds is 6. The zero-order valence-corrected chi connectivity index (χ0v) is 18.8. The summed E-state index contributed by atoms with van der Waals surface area (Å²) in [7, 11) is -5.54. The van der Waals surface area contributed by atoms with Crippen molar-refractivity contribution in [2.24, 2.45) is 0 Å². The largest absolute Gasteiger partial charge is 0.516 e. The fraction of sp³-hybridized carbons (Fsp3) is 0.211. The molecule has 4 rings (SSSR count). The van der Waals surface area contributed by atoms with E-state index in [4.69, 9.17) is 11.6 Å². The van der Waals surface area contributed by atoms with Gasteiger partial charge in [0, 0.05) is 29.2 Å². The number of aryl methyl sites for hydroxylation is 1. The topological polar surface area (TPSA) is 89.8 Å². The van der Waals surface area contributed by atoms with Crippen LogP contribution in [0, 0.1) is 0 Å². The number of imidazole rings is 1. The van der Waals surface area contributed by atoms with Crippen LogP contribution in [0.1, 0.15) is 13.3 Å². The fourth-order valence-corrected chi connectivity index (χ4v) is 4.74. The van der Waals surface area contributed by atoms with Crippen molar-refractivity contribution in [2.45, 2.75) is 25.4 Å². The zero-order chi connectivity index (χ0) is 23.1. The van der Waals surface area contributed by atoms with Crippen molar-refractivity contribution in [1.29, 1.82) is 0 Å². The fourth-order valence-electron chi connectivity index (χ4n) is 3.06. The molecular weight excluding hydrogens is 487 g/mol. The number of benzene rings is 1. The van der Waals surface area contributed by atoms with Crippen LogP contribution >= 0.6 is 22.9 Å². The quantitative estimate of drug-likeness (QED) is 0.374. The molecule has 0 saturated heterocycles. The Balaban J connectivity index is 1.66. The van der Waals surface area contributed by atoms with Crippen molar-refractivity contribution in [3.8, 4) is 21.8 Å². The lowest BCUT2D eigenvalue weighted by atomic mass is 10.1. The third-order valence-corrected chi connectivity index (χ3v) is 6.81. The number of alkyl halides is 3. The summed E-state index contributed by atoms with van der Waals surface area (Å²) in [5, 5.41) is 2.48. The highest BCUT2D eigenvalue weighted by Gasteiger charge is 2.46. The molecule has 0 bridgehead atoms. The molecule has 3 heterocycles. The molecule has 0 aliphatic rings. The molecule has 7 nitrogen and oxygen atoms in total. The Labute approximate surface area is 190 Å². The second kappa shape index (κ2) is 8.34. The molecule has 0 amide bonds. The van der Waals surface area contributed by atoms with Crippen LogP contribution < -0.4 is 4.72 Å². The SMILES string of the molecule is CCCn1cnc2c(-c3nc(-c4ccc(NS(=O)(=O)C(F)(F)F)cc4Cl)cs3)ccnc21. The van der Waals surface area contributed by atoms with Crippen LogP contribution in [0.5, 0.6) is 0 Å². The normalized spacial score (nSPS) is 12.4. The third-order valence-electron chi connectivity index (χ3n) is 4.50. The van der Waals surface area contributed by atoms with Crippen LogP contribution in [0.2, 0.25) is 5.02 Å². The summed E-state index contributed by atoms with van der Waals surface area (Å²) in [6, 6.07) is 5.52. The average Bonchev–Trinajstić information content (AvgIpc) is 3.35. The van der Waals surface area contributed by atoms with Gasteiger partial charge in [-0.3, -0.25) is 4.72 Å². The van der Waals surface area contributed by atoms with Gasteiger partial charge in [0.15, 0.2) is 5.65 Å². The Morgan fingerprint density at radius 3 is 2.66 bits per heavy atom.